The minimum Gasteiger partial charge on any atom is -0.367 e. The highest BCUT2D eigenvalue weighted by molar-refractivity contribution is 5.79. The molecule has 3 aromatic rings. The molecule has 0 saturated heterocycles. The first-order chi connectivity index (χ1) is 14.9. The molecule has 0 radical (unpaired) electrons. The van der Waals surface area contributed by atoms with Gasteiger partial charge in [0, 0.05) is 25.7 Å². The Morgan fingerprint density at radius 3 is 2.39 bits per heavy atom. The van der Waals surface area contributed by atoms with E-state index in [1.807, 2.05) is 36.4 Å². The Bertz CT molecular complexity index is 972. The molecule has 3 N–H and O–H groups in total. The van der Waals surface area contributed by atoms with E-state index in [-0.39, 0.29) is 6.61 Å². The molecular weight excluding hydrogens is 409 g/mol. The molecule has 0 aliphatic heterocycles. The van der Waals surface area contributed by atoms with Gasteiger partial charge in [0.15, 0.2) is 11.8 Å². The second-order valence-electron chi connectivity index (χ2n) is 6.74. The van der Waals surface area contributed by atoms with Gasteiger partial charge in [-0.3, -0.25) is 10.1 Å². The molecule has 2 aromatic carbocycles. The van der Waals surface area contributed by atoms with Crippen molar-refractivity contribution in [2.24, 2.45) is 4.99 Å². The number of alkyl halides is 3. The fourth-order valence-corrected chi connectivity index (χ4v) is 2.80. The maximum Gasteiger partial charge on any atom is 0.411 e. The number of halogens is 3. The molecule has 1 aromatic heterocycles. The topological polar surface area (TPSA) is 87.2 Å². The zero-order chi connectivity index (χ0) is 22.1. The summed E-state index contributed by atoms with van der Waals surface area (Å²) >= 11 is 0. The molecule has 0 bridgehead atoms. The largest absolute Gasteiger partial charge is 0.411 e. The lowest BCUT2D eigenvalue weighted by Gasteiger charge is -2.13. The first kappa shape index (κ1) is 22.3. The number of ether oxygens (including phenoxy) is 1. The van der Waals surface area contributed by atoms with E-state index >= 15 is 0 Å². The van der Waals surface area contributed by atoms with Crippen LogP contribution in [-0.4, -0.2) is 41.0 Å². The van der Waals surface area contributed by atoms with Crippen molar-refractivity contribution in [1.82, 2.24) is 25.8 Å². The Labute approximate surface area is 177 Å². The van der Waals surface area contributed by atoms with Crippen LogP contribution in [0.15, 0.2) is 59.9 Å². The van der Waals surface area contributed by atoms with Crippen LogP contribution in [0.5, 0.6) is 0 Å². The number of guanidine groups is 1. The molecule has 3 rings (SSSR count). The SMILES string of the molecule is CN=C(NCc1ccc(COCC(F)(F)F)cc1)NCc1cccc(-c2ncn[nH]2)c1. The molecule has 10 heteroatoms. The normalized spacial score (nSPS) is 12.1. The number of hydrogen-bond acceptors (Lipinski definition) is 4. The lowest BCUT2D eigenvalue weighted by molar-refractivity contribution is -0.176. The van der Waals surface area contributed by atoms with Gasteiger partial charge in [-0.1, -0.05) is 42.5 Å². The lowest BCUT2D eigenvalue weighted by Crippen LogP contribution is -2.36. The average molecular weight is 432 g/mol. The highest BCUT2D eigenvalue weighted by Crippen LogP contribution is 2.16. The molecule has 1 heterocycles. The van der Waals surface area contributed by atoms with Crippen molar-refractivity contribution in [2.75, 3.05) is 13.7 Å². The molecule has 7 nitrogen and oxygen atoms in total. The molecule has 0 aliphatic carbocycles. The zero-order valence-corrected chi connectivity index (χ0v) is 16.9. The zero-order valence-electron chi connectivity index (χ0n) is 16.9. The summed E-state index contributed by atoms with van der Waals surface area (Å²) < 4.78 is 41.1. The highest BCUT2D eigenvalue weighted by Gasteiger charge is 2.27. The number of aromatic amines is 1. The van der Waals surface area contributed by atoms with Crippen molar-refractivity contribution in [3.8, 4) is 11.4 Å². The van der Waals surface area contributed by atoms with Gasteiger partial charge in [-0.05, 0) is 22.8 Å². The van der Waals surface area contributed by atoms with Crippen LogP contribution < -0.4 is 10.6 Å². The Hall–Kier alpha value is -3.40. The van der Waals surface area contributed by atoms with Crippen molar-refractivity contribution < 1.29 is 17.9 Å². The number of aliphatic imine (C=N–C) groups is 1. The summed E-state index contributed by atoms with van der Waals surface area (Å²) in [6, 6.07) is 15.1. The first-order valence-electron chi connectivity index (χ1n) is 9.54. The van der Waals surface area contributed by atoms with Gasteiger partial charge in [-0.15, -0.1) is 0 Å². The molecule has 0 aliphatic rings. The van der Waals surface area contributed by atoms with Crippen LogP contribution in [-0.2, 0) is 24.4 Å². The van der Waals surface area contributed by atoms with Crippen LogP contribution in [0.4, 0.5) is 13.2 Å². The van der Waals surface area contributed by atoms with Crippen molar-refractivity contribution in [3.05, 3.63) is 71.5 Å². The van der Waals surface area contributed by atoms with E-state index in [4.69, 9.17) is 0 Å². The van der Waals surface area contributed by atoms with E-state index in [0.717, 1.165) is 16.7 Å². The molecular formula is C21H23F3N6O. The van der Waals surface area contributed by atoms with Gasteiger partial charge in [-0.25, -0.2) is 4.98 Å². The van der Waals surface area contributed by atoms with E-state index in [9.17, 15) is 13.2 Å². The van der Waals surface area contributed by atoms with Crippen LogP contribution in [0.25, 0.3) is 11.4 Å². The number of nitrogens with one attached hydrogen (secondary N) is 3. The summed E-state index contributed by atoms with van der Waals surface area (Å²) in [6.45, 7) is -0.248. The predicted octanol–water partition coefficient (Wildman–Crippen LogP) is 3.42. The number of aromatic nitrogens is 3. The van der Waals surface area contributed by atoms with Crippen molar-refractivity contribution in [3.63, 3.8) is 0 Å². The fourth-order valence-electron chi connectivity index (χ4n) is 2.80. The van der Waals surface area contributed by atoms with Crippen molar-refractivity contribution >= 4 is 5.96 Å². The van der Waals surface area contributed by atoms with E-state index in [2.05, 4.69) is 35.5 Å². The van der Waals surface area contributed by atoms with Crippen molar-refractivity contribution in [1.29, 1.82) is 0 Å². The summed E-state index contributed by atoms with van der Waals surface area (Å²) in [5, 5.41) is 13.2. The van der Waals surface area contributed by atoms with E-state index in [0.29, 0.717) is 30.4 Å². The average Bonchev–Trinajstić information content (AvgIpc) is 3.29. The molecule has 0 unspecified atom stereocenters. The molecule has 0 atom stereocenters. The minimum atomic E-state index is -4.32. The maximum atomic E-state index is 12.1. The van der Waals surface area contributed by atoms with Crippen molar-refractivity contribution in [2.45, 2.75) is 25.9 Å². The number of hydrogen-bond donors (Lipinski definition) is 3. The molecule has 164 valence electrons. The fraction of sp³-hybridized carbons (Fsp3) is 0.286. The van der Waals surface area contributed by atoms with Gasteiger partial charge in [0.25, 0.3) is 0 Å². The second-order valence-corrected chi connectivity index (χ2v) is 6.74. The number of benzene rings is 2. The predicted molar refractivity (Wildman–Crippen MR) is 111 cm³/mol. The Morgan fingerprint density at radius 2 is 1.74 bits per heavy atom. The summed E-state index contributed by atoms with van der Waals surface area (Å²) in [7, 11) is 1.68. The van der Waals surface area contributed by atoms with Gasteiger partial charge in [0.05, 0.1) is 6.61 Å². The Kier molecular flexibility index (Phi) is 7.60. The first-order valence-corrected chi connectivity index (χ1v) is 9.54. The maximum absolute atomic E-state index is 12.1. The lowest BCUT2D eigenvalue weighted by atomic mass is 10.1. The third-order valence-electron chi connectivity index (χ3n) is 4.32. The number of nitrogens with zero attached hydrogens (tertiary/aromatic N) is 3. The van der Waals surface area contributed by atoms with E-state index in [1.54, 1.807) is 19.2 Å². The van der Waals surface area contributed by atoms with E-state index in [1.165, 1.54) is 6.33 Å². The molecule has 0 fully saturated rings. The highest BCUT2D eigenvalue weighted by atomic mass is 19.4. The molecule has 31 heavy (non-hydrogen) atoms. The molecule has 0 saturated carbocycles. The second kappa shape index (κ2) is 10.6. The summed E-state index contributed by atoms with van der Waals surface area (Å²) in [6.07, 6.45) is -2.85. The Balaban J connectivity index is 1.46. The van der Waals surface area contributed by atoms with Crippen LogP contribution in [0.3, 0.4) is 0 Å². The summed E-state index contributed by atoms with van der Waals surface area (Å²) in [4.78, 5) is 8.37. The monoisotopic (exact) mass is 432 g/mol. The van der Waals surface area contributed by atoms with Gasteiger partial charge in [0.1, 0.15) is 12.9 Å². The smallest absolute Gasteiger partial charge is 0.367 e. The summed E-state index contributed by atoms with van der Waals surface area (Å²) in [5.41, 5.74) is 3.65. The standard InChI is InChI=1S/C21H23F3N6O/c1-25-20(27-11-17-3-2-4-18(9-17)19-28-14-29-30-19)26-10-15-5-7-16(8-6-15)12-31-13-21(22,23)24/h2-9,14H,10-13H2,1H3,(H2,25,26,27)(H,28,29,30). The third-order valence-corrected chi connectivity index (χ3v) is 4.32. The van der Waals surface area contributed by atoms with Crippen LogP contribution in [0.1, 0.15) is 16.7 Å². The molecule has 0 amide bonds. The Morgan fingerprint density at radius 1 is 1.03 bits per heavy atom. The van der Waals surface area contributed by atoms with Gasteiger partial charge < -0.3 is 15.4 Å². The third kappa shape index (κ3) is 7.41. The van der Waals surface area contributed by atoms with Crippen LogP contribution in [0, 0.1) is 0 Å². The van der Waals surface area contributed by atoms with Gasteiger partial charge in [-0.2, -0.15) is 18.3 Å². The quantitative estimate of drug-likeness (QED) is 0.375. The van der Waals surface area contributed by atoms with Gasteiger partial charge >= 0.3 is 6.18 Å². The number of H-pyrrole nitrogens is 1. The van der Waals surface area contributed by atoms with Crippen LogP contribution >= 0.6 is 0 Å². The van der Waals surface area contributed by atoms with Crippen LogP contribution in [0.2, 0.25) is 0 Å². The minimum absolute atomic E-state index is 0.0798. The molecule has 0 spiro atoms. The number of rotatable bonds is 8. The summed E-state index contributed by atoms with van der Waals surface area (Å²) in [5.74, 6) is 1.33. The van der Waals surface area contributed by atoms with Gasteiger partial charge in [0.2, 0.25) is 0 Å². The van der Waals surface area contributed by atoms with E-state index < -0.39 is 12.8 Å².